The summed E-state index contributed by atoms with van der Waals surface area (Å²) in [4.78, 5) is 7.02. The molecule has 0 aliphatic rings. The van der Waals surface area contributed by atoms with Gasteiger partial charge in [-0.2, -0.15) is 0 Å². The zero-order valence-corrected chi connectivity index (χ0v) is 9.98. The first-order chi connectivity index (χ1) is 8.30. The molecule has 17 heavy (non-hydrogen) atoms. The van der Waals surface area contributed by atoms with Crippen molar-refractivity contribution in [3.8, 4) is 28.5 Å². The van der Waals surface area contributed by atoms with E-state index in [-0.39, 0.29) is 0 Å². The van der Waals surface area contributed by atoms with Gasteiger partial charge in [0.05, 0.1) is 39.5 Å². The molecule has 1 aromatic carbocycles. The summed E-state index contributed by atoms with van der Waals surface area (Å²) in [7, 11) is 4.80. The van der Waals surface area contributed by atoms with E-state index < -0.39 is 0 Å². The Morgan fingerprint density at radius 1 is 0.941 bits per heavy atom. The quantitative estimate of drug-likeness (QED) is 0.880. The van der Waals surface area contributed by atoms with E-state index in [0.717, 1.165) is 11.3 Å². The lowest BCUT2D eigenvalue weighted by Gasteiger charge is -2.13. The molecule has 90 valence electrons. The predicted molar refractivity (Wildman–Crippen MR) is 63.7 cm³/mol. The van der Waals surface area contributed by atoms with Crippen molar-refractivity contribution in [2.45, 2.75) is 0 Å². The maximum absolute atomic E-state index is 5.33. The van der Waals surface area contributed by atoms with Gasteiger partial charge in [0.15, 0.2) is 11.5 Å². The molecule has 0 saturated heterocycles. The number of aromatic nitrogens is 2. The Bertz CT molecular complexity index is 495. The van der Waals surface area contributed by atoms with Crippen molar-refractivity contribution in [2.75, 3.05) is 21.3 Å². The number of benzene rings is 1. The van der Waals surface area contributed by atoms with Crippen LogP contribution in [0.25, 0.3) is 11.3 Å². The van der Waals surface area contributed by atoms with Crippen molar-refractivity contribution in [2.24, 2.45) is 0 Å². The highest BCUT2D eigenvalue weighted by Crippen LogP contribution is 2.39. The van der Waals surface area contributed by atoms with E-state index in [1.807, 2.05) is 6.07 Å². The van der Waals surface area contributed by atoms with Gasteiger partial charge in [0.1, 0.15) is 5.75 Å². The molecule has 0 atom stereocenters. The summed E-state index contributed by atoms with van der Waals surface area (Å²) in [6, 6.07) is 3.64. The van der Waals surface area contributed by atoms with Crippen LogP contribution < -0.4 is 14.2 Å². The van der Waals surface area contributed by atoms with E-state index in [2.05, 4.69) is 9.97 Å². The number of nitrogens with one attached hydrogen (secondary N) is 1. The van der Waals surface area contributed by atoms with Crippen molar-refractivity contribution in [3.63, 3.8) is 0 Å². The summed E-state index contributed by atoms with van der Waals surface area (Å²) in [6.07, 6.45) is 3.34. The van der Waals surface area contributed by atoms with E-state index in [9.17, 15) is 0 Å². The van der Waals surface area contributed by atoms with Gasteiger partial charge in [-0.1, -0.05) is 0 Å². The third-order valence-electron chi connectivity index (χ3n) is 2.49. The average molecular weight is 234 g/mol. The maximum atomic E-state index is 5.33. The Morgan fingerprint density at radius 2 is 1.59 bits per heavy atom. The SMILES string of the molecule is COc1cc(OC)c(-c2cnc[nH]2)cc1OC. The van der Waals surface area contributed by atoms with Gasteiger partial charge in [0, 0.05) is 11.6 Å². The fourth-order valence-electron chi connectivity index (χ4n) is 1.64. The minimum atomic E-state index is 0.632. The number of H-pyrrole nitrogens is 1. The summed E-state index contributed by atoms with van der Waals surface area (Å²) in [5.74, 6) is 1.98. The van der Waals surface area contributed by atoms with Gasteiger partial charge >= 0.3 is 0 Å². The number of aromatic amines is 1. The lowest BCUT2D eigenvalue weighted by molar-refractivity contribution is 0.349. The Labute approximate surface area is 99.4 Å². The van der Waals surface area contributed by atoms with Gasteiger partial charge in [-0.3, -0.25) is 0 Å². The van der Waals surface area contributed by atoms with Gasteiger partial charge in [0.25, 0.3) is 0 Å². The standard InChI is InChI=1S/C12H14N2O3/c1-15-10-5-12(17-3)11(16-2)4-8(10)9-6-13-7-14-9/h4-7H,1-3H3,(H,13,14). The van der Waals surface area contributed by atoms with Crippen molar-refractivity contribution in [1.82, 2.24) is 9.97 Å². The molecule has 1 aromatic heterocycles. The molecule has 0 radical (unpaired) electrons. The zero-order valence-electron chi connectivity index (χ0n) is 9.98. The molecule has 0 fully saturated rings. The van der Waals surface area contributed by atoms with Crippen LogP contribution in [0.4, 0.5) is 0 Å². The molecule has 0 aliphatic carbocycles. The van der Waals surface area contributed by atoms with Crippen molar-refractivity contribution in [3.05, 3.63) is 24.7 Å². The number of rotatable bonds is 4. The van der Waals surface area contributed by atoms with E-state index in [1.165, 1.54) is 0 Å². The molecule has 2 rings (SSSR count). The summed E-state index contributed by atoms with van der Waals surface area (Å²) in [5, 5.41) is 0. The van der Waals surface area contributed by atoms with E-state index in [4.69, 9.17) is 14.2 Å². The van der Waals surface area contributed by atoms with Crippen molar-refractivity contribution < 1.29 is 14.2 Å². The third-order valence-corrected chi connectivity index (χ3v) is 2.49. The minimum absolute atomic E-state index is 0.632. The second-order valence-electron chi connectivity index (χ2n) is 3.37. The highest BCUT2D eigenvalue weighted by Gasteiger charge is 2.13. The number of imidazole rings is 1. The summed E-state index contributed by atoms with van der Waals surface area (Å²) in [6.45, 7) is 0. The molecule has 1 heterocycles. The molecule has 5 nitrogen and oxygen atoms in total. The molecule has 2 aromatic rings. The highest BCUT2D eigenvalue weighted by molar-refractivity contribution is 5.71. The minimum Gasteiger partial charge on any atom is -0.496 e. The van der Waals surface area contributed by atoms with Crippen LogP contribution in [0.3, 0.4) is 0 Å². The smallest absolute Gasteiger partial charge is 0.164 e. The second kappa shape index (κ2) is 4.78. The second-order valence-corrected chi connectivity index (χ2v) is 3.37. The number of ether oxygens (including phenoxy) is 3. The van der Waals surface area contributed by atoms with E-state index in [1.54, 1.807) is 39.9 Å². The van der Waals surface area contributed by atoms with Crippen molar-refractivity contribution >= 4 is 0 Å². The topological polar surface area (TPSA) is 56.4 Å². The first-order valence-electron chi connectivity index (χ1n) is 5.09. The van der Waals surface area contributed by atoms with Crippen LogP contribution in [-0.4, -0.2) is 31.3 Å². The van der Waals surface area contributed by atoms with Gasteiger partial charge in [-0.05, 0) is 6.07 Å². The Hall–Kier alpha value is -2.17. The predicted octanol–water partition coefficient (Wildman–Crippen LogP) is 2.10. The first-order valence-corrected chi connectivity index (χ1v) is 5.09. The molecule has 0 spiro atoms. The summed E-state index contributed by atoms with van der Waals surface area (Å²) < 4.78 is 15.8. The van der Waals surface area contributed by atoms with E-state index in [0.29, 0.717) is 17.2 Å². The van der Waals surface area contributed by atoms with Crippen LogP contribution in [0, 0.1) is 0 Å². The highest BCUT2D eigenvalue weighted by atomic mass is 16.5. The van der Waals surface area contributed by atoms with Gasteiger partial charge in [0.2, 0.25) is 0 Å². The van der Waals surface area contributed by atoms with Crippen LogP contribution in [0.15, 0.2) is 24.7 Å². The fourth-order valence-corrected chi connectivity index (χ4v) is 1.64. The number of nitrogens with zero attached hydrogens (tertiary/aromatic N) is 1. The Kier molecular flexibility index (Phi) is 3.18. The lowest BCUT2D eigenvalue weighted by atomic mass is 10.1. The van der Waals surface area contributed by atoms with Gasteiger partial charge < -0.3 is 19.2 Å². The Balaban J connectivity index is 2.58. The Morgan fingerprint density at radius 3 is 2.12 bits per heavy atom. The summed E-state index contributed by atoms with van der Waals surface area (Å²) >= 11 is 0. The monoisotopic (exact) mass is 234 g/mol. The fraction of sp³-hybridized carbons (Fsp3) is 0.250. The molecule has 1 N–H and O–H groups in total. The van der Waals surface area contributed by atoms with Crippen LogP contribution in [0.5, 0.6) is 17.2 Å². The van der Waals surface area contributed by atoms with Crippen LogP contribution in [-0.2, 0) is 0 Å². The zero-order chi connectivity index (χ0) is 12.3. The number of hydrogen-bond donors (Lipinski definition) is 1. The third kappa shape index (κ3) is 2.04. The van der Waals surface area contributed by atoms with Gasteiger partial charge in [-0.25, -0.2) is 4.98 Å². The number of hydrogen-bond acceptors (Lipinski definition) is 4. The molecule has 0 aliphatic heterocycles. The number of methoxy groups -OCH3 is 3. The van der Waals surface area contributed by atoms with Crippen LogP contribution in [0.2, 0.25) is 0 Å². The maximum Gasteiger partial charge on any atom is 0.164 e. The van der Waals surface area contributed by atoms with Crippen LogP contribution in [0.1, 0.15) is 0 Å². The normalized spacial score (nSPS) is 10.1. The molecular weight excluding hydrogens is 220 g/mol. The molecule has 0 unspecified atom stereocenters. The lowest BCUT2D eigenvalue weighted by Crippen LogP contribution is -1.94. The largest absolute Gasteiger partial charge is 0.496 e. The average Bonchev–Trinajstić information content (AvgIpc) is 2.90. The first kappa shape index (κ1) is 11.3. The summed E-state index contributed by atoms with van der Waals surface area (Å²) in [5.41, 5.74) is 1.74. The van der Waals surface area contributed by atoms with Gasteiger partial charge in [-0.15, -0.1) is 0 Å². The molecule has 0 bridgehead atoms. The molecule has 5 heteroatoms. The van der Waals surface area contributed by atoms with Crippen LogP contribution >= 0.6 is 0 Å². The van der Waals surface area contributed by atoms with E-state index >= 15 is 0 Å². The molecular formula is C12H14N2O3. The molecule has 0 amide bonds. The molecule has 0 saturated carbocycles. The van der Waals surface area contributed by atoms with Crippen molar-refractivity contribution in [1.29, 1.82) is 0 Å².